The van der Waals surface area contributed by atoms with Crippen LogP contribution in [0.15, 0.2) is 18.5 Å². The highest BCUT2D eigenvalue weighted by Gasteiger charge is 2.22. The number of esters is 1. The van der Waals surface area contributed by atoms with Gasteiger partial charge >= 0.3 is 5.97 Å². The smallest absolute Gasteiger partial charge is 0.323 e. The molecule has 0 saturated heterocycles. The van der Waals surface area contributed by atoms with Gasteiger partial charge in [-0.25, -0.2) is 9.50 Å². The number of nitrogens with zero attached hydrogens (tertiary/aromatic N) is 3. The first-order chi connectivity index (χ1) is 9.51. The van der Waals surface area contributed by atoms with E-state index in [2.05, 4.69) is 15.4 Å². The Morgan fingerprint density at radius 2 is 2.25 bits per heavy atom. The van der Waals surface area contributed by atoms with Gasteiger partial charge in [-0.1, -0.05) is 13.8 Å². The predicted octanol–water partition coefficient (Wildman–Crippen LogP) is 1.32. The molecular weight excluding hydrogens is 256 g/mol. The van der Waals surface area contributed by atoms with E-state index in [4.69, 9.17) is 4.74 Å². The Hall–Kier alpha value is -1.95. The normalized spacial score (nSPS) is 12.8. The van der Waals surface area contributed by atoms with Crippen molar-refractivity contribution in [3.05, 3.63) is 29.7 Å². The van der Waals surface area contributed by atoms with Gasteiger partial charge in [-0.3, -0.25) is 10.1 Å². The van der Waals surface area contributed by atoms with Crippen LogP contribution < -0.4 is 5.32 Å². The first kappa shape index (κ1) is 14.5. The SMILES string of the molecule is COC(=O)[C@@H](NCc1cnc2cc(C)nn2c1)C(C)C. The largest absolute Gasteiger partial charge is 0.468 e. The van der Waals surface area contributed by atoms with E-state index < -0.39 is 0 Å². The molecule has 1 atom stereocenters. The van der Waals surface area contributed by atoms with Crippen molar-refractivity contribution in [1.82, 2.24) is 19.9 Å². The van der Waals surface area contributed by atoms with Crippen LogP contribution in [0, 0.1) is 12.8 Å². The Labute approximate surface area is 118 Å². The van der Waals surface area contributed by atoms with Crippen molar-refractivity contribution in [3.63, 3.8) is 0 Å². The summed E-state index contributed by atoms with van der Waals surface area (Å²) in [5, 5.41) is 7.52. The van der Waals surface area contributed by atoms with E-state index in [1.165, 1.54) is 7.11 Å². The number of hydrogen-bond donors (Lipinski definition) is 1. The third-order valence-electron chi connectivity index (χ3n) is 3.14. The van der Waals surface area contributed by atoms with Crippen molar-refractivity contribution < 1.29 is 9.53 Å². The van der Waals surface area contributed by atoms with E-state index >= 15 is 0 Å². The number of aromatic nitrogens is 3. The first-order valence-corrected chi connectivity index (χ1v) is 6.63. The summed E-state index contributed by atoms with van der Waals surface area (Å²) in [5.74, 6) is -0.0879. The Morgan fingerprint density at radius 3 is 2.90 bits per heavy atom. The summed E-state index contributed by atoms with van der Waals surface area (Å²) in [6, 6.07) is 1.60. The fourth-order valence-electron chi connectivity index (χ4n) is 2.07. The number of carbonyl (C=O) groups is 1. The van der Waals surface area contributed by atoms with Crippen molar-refractivity contribution in [3.8, 4) is 0 Å². The molecule has 0 aliphatic rings. The zero-order valence-electron chi connectivity index (χ0n) is 12.3. The standard InChI is InChI=1S/C14H20N4O2/c1-9(2)13(14(19)20-4)16-7-11-6-15-12-5-10(3)17-18(12)8-11/h5-6,8-9,13,16H,7H2,1-4H3/t13-/m0/s1. The van der Waals surface area contributed by atoms with Crippen LogP contribution >= 0.6 is 0 Å². The molecule has 1 N–H and O–H groups in total. The molecule has 0 radical (unpaired) electrons. The monoisotopic (exact) mass is 276 g/mol. The fraction of sp³-hybridized carbons (Fsp3) is 0.500. The summed E-state index contributed by atoms with van der Waals surface area (Å²) in [4.78, 5) is 16.0. The van der Waals surface area contributed by atoms with Crippen LogP contribution in [0.1, 0.15) is 25.1 Å². The number of carbonyl (C=O) groups excluding carboxylic acids is 1. The maximum atomic E-state index is 11.7. The minimum atomic E-state index is -0.324. The molecule has 20 heavy (non-hydrogen) atoms. The quantitative estimate of drug-likeness (QED) is 0.834. The highest BCUT2D eigenvalue weighted by atomic mass is 16.5. The topological polar surface area (TPSA) is 68.5 Å². The lowest BCUT2D eigenvalue weighted by Gasteiger charge is -2.19. The van der Waals surface area contributed by atoms with E-state index in [0.717, 1.165) is 16.9 Å². The van der Waals surface area contributed by atoms with E-state index in [1.807, 2.05) is 33.0 Å². The van der Waals surface area contributed by atoms with Gasteiger partial charge in [-0.05, 0) is 12.8 Å². The van der Waals surface area contributed by atoms with Gasteiger partial charge in [0.1, 0.15) is 6.04 Å². The summed E-state index contributed by atoms with van der Waals surface area (Å²) >= 11 is 0. The number of rotatable bonds is 5. The number of aryl methyl sites for hydroxylation is 1. The highest BCUT2D eigenvalue weighted by Crippen LogP contribution is 2.07. The van der Waals surface area contributed by atoms with Gasteiger partial charge in [0.15, 0.2) is 5.65 Å². The molecule has 0 saturated carbocycles. The summed E-state index contributed by atoms with van der Waals surface area (Å²) in [7, 11) is 1.40. The molecule has 108 valence electrons. The molecule has 0 aliphatic carbocycles. The summed E-state index contributed by atoms with van der Waals surface area (Å²) < 4.78 is 6.55. The number of methoxy groups -OCH3 is 1. The molecule has 0 bridgehead atoms. The minimum Gasteiger partial charge on any atom is -0.468 e. The van der Waals surface area contributed by atoms with Crippen molar-refractivity contribution in [2.45, 2.75) is 33.4 Å². The third kappa shape index (κ3) is 3.14. The molecule has 6 nitrogen and oxygen atoms in total. The molecule has 2 aromatic heterocycles. The third-order valence-corrected chi connectivity index (χ3v) is 3.14. The Morgan fingerprint density at radius 1 is 1.50 bits per heavy atom. The van der Waals surface area contributed by atoms with Crippen molar-refractivity contribution in [2.24, 2.45) is 5.92 Å². The molecular formula is C14H20N4O2. The molecule has 2 heterocycles. The average Bonchev–Trinajstić information content (AvgIpc) is 2.77. The molecule has 0 aliphatic heterocycles. The molecule has 0 amide bonds. The van der Waals surface area contributed by atoms with Crippen LogP contribution in [0.5, 0.6) is 0 Å². The van der Waals surface area contributed by atoms with Crippen molar-refractivity contribution >= 4 is 11.6 Å². The van der Waals surface area contributed by atoms with Gasteiger partial charge in [0.2, 0.25) is 0 Å². The fourth-order valence-corrected chi connectivity index (χ4v) is 2.07. The van der Waals surface area contributed by atoms with Gasteiger partial charge in [-0.15, -0.1) is 0 Å². The Bertz CT molecular complexity index is 606. The highest BCUT2D eigenvalue weighted by molar-refractivity contribution is 5.75. The van der Waals surface area contributed by atoms with Gasteiger partial charge in [0.05, 0.1) is 12.8 Å². The summed E-state index contributed by atoms with van der Waals surface area (Å²) in [6.07, 6.45) is 3.70. The zero-order chi connectivity index (χ0) is 14.7. The van der Waals surface area contributed by atoms with Crippen LogP contribution in [-0.4, -0.2) is 33.7 Å². The molecule has 6 heteroatoms. The van der Waals surface area contributed by atoms with Crippen LogP contribution in [0.4, 0.5) is 0 Å². The zero-order valence-corrected chi connectivity index (χ0v) is 12.3. The number of hydrogen-bond acceptors (Lipinski definition) is 5. The lowest BCUT2D eigenvalue weighted by atomic mass is 10.0. The van der Waals surface area contributed by atoms with E-state index in [9.17, 15) is 4.79 Å². The van der Waals surface area contributed by atoms with Crippen LogP contribution in [-0.2, 0) is 16.1 Å². The van der Waals surface area contributed by atoms with E-state index in [1.54, 1.807) is 10.7 Å². The first-order valence-electron chi connectivity index (χ1n) is 6.63. The van der Waals surface area contributed by atoms with Crippen molar-refractivity contribution in [2.75, 3.05) is 7.11 Å². The molecule has 0 unspecified atom stereocenters. The number of ether oxygens (including phenoxy) is 1. The molecule has 2 rings (SSSR count). The van der Waals surface area contributed by atoms with E-state index in [-0.39, 0.29) is 17.9 Å². The molecule has 2 aromatic rings. The predicted molar refractivity (Wildman–Crippen MR) is 75.2 cm³/mol. The van der Waals surface area contributed by atoms with Gasteiger partial charge in [0.25, 0.3) is 0 Å². The lowest BCUT2D eigenvalue weighted by Crippen LogP contribution is -2.41. The Kier molecular flexibility index (Phi) is 4.34. The van der Waals surface area contributed by atoms with Gasteiger partial charge in [-0.2, -0.15) is 5.10 Å². The van der Waals surface area contributed by atoms with Gasteiger partial charge < -0.3 is 4.74 Å². The van der Waals surface area contributed by atoms with E-state index in [0.29, 0.717) is 6.54 Å². The second kappa shape index (κ2) is 6.00. The number of fused-ring (bicyclic) bond motifs is 1. The average molecular weight is 276 g/mol. The van der Waals surface area contributed by atoms with Crippen molar-refractivity contribution in [1.29, 1.82) is 0 Å². The second-order valence-corrected chi connectivity index (χ2v) is 5.18. The van der Waals surface area contributed by atoms with Gasteiger partial charge in [0, 0.05) is 30.6 Å². The summed E-state index contributed by atoms with van der Waals surface area (Å²) in [6.45, 7) is 6.43. The molecule has 0 aromatic carbocycles. The summed E-state index contributed by atoms with van der Waals surface area (Å²) in [5.41, 5.74) is 2.71. The second-order valence-electron chi connectivity index (χ2n) is 5.18. The molecule has 0 spiro atoms. The Balaban J connectivity index is 2.09. The maximum absolute atomic E-state index is 11.7. The van der Waals surface area contributed by atoms with Crippen LogP contribution in [0.3, 0.4) is 0 Å². The lowest BCUT2D eigenvalue weighted by molar-refractivity contribution is -0.144. The maximum Gasteiger partial charge on any atom is 0.323 e. The minimum absolute atomic E-state index is 0.158. The van der Waals surface area contributed by atoms with Crippen LogP contribution in [0.2, 0.25) is 0 Å². The molecule has 0 fully saturated rings. The number of nitrogens with one attached hydrogen (secondary N) is 1. The van der Waals surface area contributed by atoms with Crippen LogP contribution in [0.25, 0.3) is 5.65 Å².